The Kier molecular flexibility index (Phi) is 5.37. The van der Waals surface area contributed by atoms with Crippen molar-refractivity contribution in [1.29, 1.82) is 0 Å². The van der Waals surface area contributed by atoms with Crippen LogP contribution in [0, 0.1) is 0 Å². The van der Waals surface area contributed by atoms with Crippen LogP contribution in [0.2, 0.25) is 0 Å². The Bertz CT molecular complexity index is 141. The highest BCUT2D eigenvalue weighted by atomic mass is 16.5. The van der Waals surface area contributed by atoms with Gasteiger partial charge in [0, 0.05) is 20.0 Å². The summed E-state index contributed by atoms with van der Waals surface area (Å²) in [5, 5.41) is 8.21. The Hall–Kier alpha value is -0.900. The van der Waals surface area contributed by atoms with Gasteiger partial charge in [0.25, 0.3) is 0 Å². The highest BCUT2D eigenvalue weighted by Crippen LogP contribution is 1.96. The first-order valence-corrected chi connectivity index (χ1v) is 3.39. The van der Waals surface area contributed by atoms with Crippen molar-refractivity contribution in [2.45, 2.75) is 19.3 Å². The van der Waals surface area contributed by atoms with Gasteiger partial charge in [0.15, 0.2) is 5.78 Å². The van der Waals surface area contributed by atoms with E-state index in [1.54, 1.807) is 0 Å². The lowest BCUT2D eigenvalue weighted by Crippen LogP contribution is -2.07. The molecule has 11 heavy (non-hydrogen) atoms. The molecular weight excluding hydrogens is 148 g/mol. The number of carbonyl (C=O) groups is 2. The molecule has 4 heteroatoms. The Labute approximate surface area is 65.2 Å². The van der Waals surface area contributed by atoms with Crippen molar-refractivity contribution in [2.24, 2.45) is 0 Å². The highest BCUT2D eigenvalue weighted by Gasteiger charge is 2.02. The zero-order chi connectivity index (χ0) is 8.69. The van der Waals surface area contributed by atoms with Crippen LogP contribution in [-0.4, -0.2) is 30.6 Å². The molecule has 4 nitrogen and oxygen atoms in total. The minimum Gasteiger partial charge on any atom is -0.481 e. The fourth-order valence-corrected chi connectivity index (χ4v) is 0.670. The van der Waals surface area contributed by atoms with E-state index in [2.05, 4.69) is 4.74 Å². The zero-order valence-electron chi connectivity index (χ0n) is 6.50. The molecule has 64 valence electrons. The number of carboxylic acid groups (broad SMARTS) is 1. The number of rotatable bonds is 6. The van der Waals surface area contributed by atoms with E-state index in [1.807, 2.05) is 0 Å². The third-order valence-corrected chi connectivity index (χ3v) is 1.15. The zero-order valence-corrected chi connectivity index (χ0v) is 6.50. The maximum Gasteiger partial charge on any atom is 0.303 e. The number of ether oxygens (including phenoxy) is 1. The molecule has 0 spiro atoms. The van der Waals surface area contributed by atoms with E-state index in [0.29, 0.717) is 12.8 Å². The van der Waals surface area contributed by atoms with Crippen LogP contribution in [-0.2, 0) is 14.3 Å². The minimum atomic E-state index is -0.866. The predicted octanol–water partition coefficient (Wildman–Crippen LogP) is 0.457. The van der Waals surface area contributed by atoms with Gasteiger partial charge in [0.2, 0.25) is 0 Å². The van der Waals surface area contributed by atoms with Crippen LogP contribution in [0.5, 0.6) is 0 Å². The average molecular weight is 160 g/mol. The highest BCUT2D eigenvalue weighted by molar-refractivity contribution is 5.80. The molecule has 0 rings (SSSR count). The van der Waals surface area contributed by atoms with Crippen molar-refractivity contribution in [2.75, 3.05) is 13.7 Å². The molecule has 0 atom stereocenters. The van der Waals surface area contributed by atoms with Crippen molar-refractivity contribution >= 4 is 11.8 Å². The number of methoxy groups -OCH3 is 1. The van der Waals surface area contributed by atoms with Crippen molar-refractivity contribution in [1.82, 2.24) is 0 Å². The largest absolute Gasteiger partial charge is 0.481 e. The van der Waals surface area contributed by atoms with Gasteiger partial charge in [-0.1, -0.05) is 0 Å². The second-order valence-corrected chi connectivity index (χ2v) is 2.22. The van der Waals surface area contributed by atoms with Gasteiger partial charge in [-0.05, 0) is 6.42 Å². The summed E-state index contributed by atoms with van der Waals surface area (Å²) < 4.78 is 4.56. The summed E-state index contributed by atoms with van der Waals surface area (Å²) in [4.78, 5) is 20.7. The van der Waals surface area contributed by atoms with E-state index >= 15 is 0 Å². The smallest absolute Gasteiger partial charge is 0.303 e. The average Bonchev–Trinajstić information content (AvgIpc) is 1.87. The Morgan fingerprint density at radius 3 is 2.45 bits per heavy atom. The van der Waals surface area contributed by atoms with E-state index in [1.165, 1.54) is 7.11 Å². The predicted molar refractivity (Wildman–Crippen MR) is 38.4 cm³/mol. The molecule has 0 saturated heterocycles. The fourth-order valence-electron chi connectivity index (χ4n) is 0.670. The van der Waals surface area contributed by atoms with Crippen LogP contribution in [0.4, 0.5) is 0 Å². The number of ketones is 1. The lowest BCUT2D eigenvalue weighted by molar-refractivity contribution is -0.137. The molecule has 0 unspecified atom stereocenters. The quantitative estimate of drug-likeness (QED) is 0.613. The second kappa shape index (κ2) is 5.85. The summed E-state index contributed by atoms with van der Waals surface area (Å²) in [5.74, 6) is -0.913. The second-order valence-electron chi connectivity index (χ2n) is 2.22. The SMILES string of the molecule is COCC(=O)CCCC(=O)O. The standard InChI is InChI=1S/C7H12O4/c1-11-5-6(8)3-2-4-7(9)10/h2-5H2,1H3,(H,9,10). The van der Waals surface area contributed by atoms with Crippen LogP contribution in [0.25, 0.3) is 0 Å². The molecule has 0 aromatic heterocycles. The first-order chi connectivity index (χ1) is 5.16. The molecular formula is C7H12O4. The maximum atomic E-state index is 10.7. The Balaban J connectivity index is 3.24. The van der Waals surface area contributed by atoms with Gasteiger partial charge >= 0.3 is 5.97 Å². The van der Waals surface area contributed by atoms with Gasteiger partial charge in [-0.2, -0.15) is 0 Å². The lowest BCUT2D eigenvalue weighted by atomic mass is 10.2. The van der Waals surface area contributed by atoms with Crippen LogP contribution in [0.15, 0.2) is 0 Å². The normalized spacial score (nSPS) is 9.55. The molecule has 1 N–H and O–H groups in total. The van der Waals surface area contributed by atoms with Crippen molar-refractivity contribution in [3.8, 4) is 0 Å². The number of Topliss-reactive ketones (excluding diaryl/α,β-unsaturated/α-hetero) is 1. The van der Waals surface area contributed by atoms with Gasteiger partial charge in [-0.15, -0.1) is 0 Å². The molecule has 0 radical (unpaired) electrons. The van der Waals surface area contributed by atoms with Crippen LogP contribution in [0.3, 0.4) is 0 Å². The molecule has 0 aromatic rings. The Morgan fingerprint density at radius 1 is 1.36 bits per heavy atom. The summed E-state index contributed by atoms with van der Waals surface area (Å²) >= 11 is 0. The minimum absolute atomic E-state index is 0.0475. The summed E-state index contributed by atoms with van der Waals surface area (Å²) in [6.45, 7) is 0.0830. The third kappa shape index (κ3) is 6.99. The van der Waals surface area contributed by atoms with Gasteiger partial charge < -0.3 is 9.84 Å². The number of hydrogen-bond acceptors (Lipinski definition) is 3. The topological polar surface area (TPSA) is 63.6 Å². The molecule has 0 bridgehead atoms. The van der Waals surface area contributed by atoms with E-state index < -0.39 is 5.97 Å². The van der Waals surface area contributed by atoms with Crippen LogP contribution in [0.1, 0.15) is 19.3 Å². The number of carboxylic acids is 1. The van der Waals surface area contributed by atoms with Gasteiger partial charge in [0.05, 0.1) is 0 Å². The maximum absolute atomic E-state index is 10.7. The van der Waals surface area contributed by atoms with Crippen molar-refractivity contribution in [3.05, 3.63) is 0 Å². The number of hydrogen-bond donors (Lipinski definition) is 1. The molecule has 0 fully saturated rings. The first kappa shape index (κ1) is 10.1. The molecule has 0 heterocycles. The van der Waals surface area contributed by atoms with Crippen molar-refractivity contribution in [3.63, 3.8) is 0 Å². The fraction of sp³-hybridized carbons (Fsp3) is 0.714. The molecule has 0 aliphatic rings. The Morgan fingerprint density at radius 2 is 2.00 bits per heavy atom. The molecule has 0 aliphatic carbocycles. The van der Waals surface area contributed by atoms with Crippen LogP contribution >= 0.6 is 0 Å². The van der Waals surface area contributed by atoms with Crippen molar-refractivity contribution < 1.29 is 19.4 Å². The molecule has 0 saturated carbocycles. The van der Waals surface area contributed by atoms with Crippen LogP contribution < -0.4 is 0 Å². The van der Waals surface area contributed by atoms with E-state index in [-0.39, 0.29) is 18.8 Å². The molecule has 0 amide bonds. The van der Waals surface area contributed by atoms with Gasteiger partial charge in [-0.3, -0.25) is 9.59 Å². The van der Waals surface area contributed by atoms with E-state index in [0.717, 1.165) is 0 Å². The van der Waals surface area contributed by atoms with Gasteiger partial charge in [0.1, 0.15) is 6.61 Å². The summed E-state index contributed by atoms with van der Waals surface area (Å²) in [6, 6.07) is 0. The van der Waals surface area contributed by atoms with E-state index in [4.69, 9.17) is 5.11 Å². The monoisotopic (exact) mass is 160 g/mol. The molecule has 0 aromatic carbocycles. The summed E-state index contributed by atoms with van der Waals surface area (Å²) in [6.07, 6.45) is 0.743. The van der Waals surface area contributed by atoms with Gasteiger partial charge in [-0.25, -0.2) is 0 Å². The van der Waals surface area contributed by atoms with E-state index in [9.17, 15) is 9.59 Å². The number of aliphatic carboxylic acids is 1. The number of carbonyl (C=O) groups excluding carboxylic acids is 1. The summed E-state index contributed by atoms with van der Waals surface area (Å²) in [7, 11) is 1.44. The molecule has 0 aliphatic heterocycles. The lowest BCUT2D eigenvalue weighted by Gasteiger charge is -1.96. The third-order valence-electron chi connectivity index (χ3n) is 1.15. The first-order valence-electron chi connectivity index (χ1n) is 3.39. The summed E-state index contributed by atoms with van der Waals surface area (Å²) in [5.41, 5.74) is 0.